The molecular formula is C16H12N2O4. The number of hydrogen-bond donors (Lipinski definition) is 1. The van der Waals surface area contributed by atoms with Gasteiger partial charge in [0.1, 0.15) is 5.75 Å². The Labute approximate surface area is 126 Å². The first kappa shape index (κ1) is 13.8. The molecule has 0 atom stereocenters. The van der Waals surface area contributed by atoms with E-state index in [-0.39, 0.29) is 17.0 Å². The highest BCUT2D eigenvalue weighted by molar-refractivity contribution is 6.34. The first-order valence-electron chi connectivity index (χ1n) is 6.50. The predicted octanol–water partition coefficient (Wildman–Crippen LogP) is 1.59. The van der Waals surface area contributed by atoms with Crippen LogP contribution in [0, 0.1) is 0 Å². The molecule has 1 aliphatic rings. The van der Waals surface area contributed by atoms with E-state index in [9.17, 15) is 14.4 Å². The van der Waals surface area contributed by atoms with Crippen molar-refractivity contribution in [2.75, 3.05) is 12.0 Å². The van der Waals surface area contributed by atoms with Gasteiger partial charge < -0.3 is 10.5 Å². The summed E-state index contributed by atoms with van der Waals surface area (Å²) in [5.74, 6) is -1.24. The fourth-order valence-corrected chi connectivity index (χ4v) is 2.42. The number of carbonyl (C=O) groups is 3. The first-order chi connectivity index (χ1) is 10.5. The molecule has 0 aromatic heterocycles. The summed E-state index contributed by atoms with van der Waals surface area (Å²) >= 11 is 0. The van der Waals surface area contributed by atoms with Gasteiger partial charge in [0.15, 0.2) is 0 Å². The number of rotatable bonds is 3. The number of anilines is 1. The van der Waals surface area contributed by atoms with Crippen LogP contribution in [0.4, 0.5) is 5.69 Å². The summed E-state index contributed by atoms with van der Waals surface area (Å²) in [6.07, 6.45) is 0. The molecule has 2 aromatic rings. The van der Waals surface area contributed by atoms with Crippen molar-refractivity contribution < 1.29 is 19.1 Å². The lowest BCUT2D eigenvalue weighted by Gasteiger charge is -2.17. The molecule has 6 nitrogen and oxygen atoms in total. The first-order valence-corrected chi connectivity index (χ1v) is 6.50. The quantitative estimate of drug-likeness (QED) is 0.871. The molecule has 22 heavy (non-hydrogen) atoms. The molecular weight excluding hydrogens is 284 g/mol. The predicted molar refractivity (Wildman–Crippen MR) is 79.1 cm³/mol. The molecule has 0 radical (unpaired) electrons. The van der Waals surface area contributed by atoms with Gasteiger partial charge in [-0.05, 0) is 30.3 Å². The topological polar surface area (TPSA) is 89.7 Å². The molecule has 2 N–H and O–H groups in total. The van der Waals surface area contributed by atoms with E-state index in [1.807, 2.05) is 0 Å². The Morgan fingerprint density at radius 2 is 1.64 bits per heavy atom. The third-order valence-corrected chi connectivity index (χ3v) is 3.50. The van der Waals surface area contributed by atoms with Crippen molar-refractivity contribution in [2.24, 2.45) is 5.73 Å². The monoisotopic (exact) mass is 296 g/mol. The summed E-state index contributed by atoms with van der Waals surface area (Å²) in [5, 5.41) is 0. The number of carbonyl (C=O) groups excluding carboxylic acids is 3. The molecule has 2 aromatic carbocycles. The summed E-state index contributed by atoms with van der Waals surface area (Å²) < 4.78 is 5.19. The zero-order valence-corrected chi connectivity index (χ0v) is 11.7. The van der Waals surface area contributed by atoms with E-state index >= 15 is 0 Å². The van der Waals surface area contributed by atoms with Gasteiger partial charge in [-0.25, -0.2) is 4.90 Å². The highest BCUT2D eigenvalue weighted by Gasteiger charge is 2.37. The van der Waals surface area contributed by atoms with Crippen molar-refractivity contribution >= 4 is 23.4 Å². The summed E-state index contributed by atoms with van der Waals surface area (Å²) in [6.45, 7) is 0. The maximum atomic E-state index is 12.5. The zero-order valence-electron chi connectivity index (χ0n) is 11.7. The standard InChI is InChI=1S/C16H12N2O4/c1-22-13-8-9(14(17)19)6-7-12(13)18-15(20)10-4-2-3-5-11(10)16(18)21/h2-8H,1H3,(H2,17,19). The lowest BCUT2D eigenvalue weighted by Crippen LogP contribution is -2.30. The minimum absolute atomic E-state index is 0.228. The Hall–Kier alpha value is -3.15. The van der Waals surface area contributed by atoms with Crippen LogP contribution in [0.1, 0.15) is 31.1 Å². The van der Waals surface area contributed by atoms with Gasteiger partial charge in [-0.3, -0.25) is 14.4 Å². The fraction of sp³-hybridized carbons (Fsp3) is 0.0625. The normalized spacial score (nSPS) is 13.2. The van der Waals surface area contributed by atoms with Crippen molar-refractivity contribution in [3.63, 3.8) is 0 Å². The van der Waals surface area contributed by atoms with Crippen LogP contribution in [0.25, 0.3) is 0 Å². The van der Waals surface area contributed by atoms with Gasteiger partial charge in [-0.1, -0.05) is 12.1 Å². The number of benzene rings is 2. The van der Waals surface area contributed by atoms with Crippen LogP contribution in [-0.4, -0.2) is 24.8 Å². The molecule has 1 aliphatic heterocycles. The SMILES string of the molecule is COc1cc(C(N)=O)ccc1N1C(=O)c2ccccc2C1=O. The maximum Gasteiger partial charge on any atom is 0.266 e. The number of fused-ring (bicyclic) bond motifs is 1. The Bertz CT molecular complexity index is 779. The van der Waals surface area contributed by atoms with Gasteiger partial charge in [-0.15, -0.1) is 0 Å². The van der Waals surface area contributed by atoms with Gasteiger partial charge >= 0.3 is 0 Å². The van der Waals surface area contributed by atoms with Gasteiger partial charge in [-0.2, -0.15) is 0 Å². The van der Waals surface area contributed by atoms with Gasteiger partial charge in [0.05, 0.1) is 23.9 Å². The summed E-state index contributed by atoms with van der Waals surface area (Å²) in [4.78, 5) is 37.2. The van der Waals surface area contributed by atoms with E-state index in [0.717, 1.165) is 4.90 Å². The Morgan fingerprint density at radius 1 is 1.05 bits per heavy atom. The van der Waals surface area contributed by atoms with Crippen molar-refractivity contribution in [3.05, 3.63) is 59.2 Å². The zero-order chi connectivity index (χ0) is 15.9. The van der Waals surface area contributed by atoms with Gasteiger partial charge in [0.25, 0.3) is 11.8 Å². The Morgan fingerprint density at radius 3 is 2.14 bits per heavy atom. The number of primary amides is 1. The Balaban J connectivity index is 2.11. The third kappa shape index (κ3) is 1.93. The van der Waals surface area contributed by atoms with Crippen LogP contribution < -0.4 is 15.4 Å². The molecule has 0 fully saturated rings. The smallest absolute Gasteiger partial charge is 0.266 e. The van der Waals surface area contributed by atoms with Gasteiger partial charge in [0.2, 0.25) is 5.91 Å². The van der Waals surface area contributed by atoms with E-state index in [1.54, 1.807) is 24.3 Å². The molecule has 0 spiro atoms. The van der Waals surface area contributed by atoms with Crippen LogP contribution in [0.15, 0.2) is 42.5 Å². The largest absolute Gasteiger partial charge is 0.495 e. The highest BCUT2D eigenvalue weighted by atomic mass is 16.5. The van der Waals surface area contributed by atoms with E-state index in [1.165, 1.54) is 25.3 Å². The van der Waals surface area contributed by atoms with E-state index in [2.05, 4.69) is 0 Å². The van der Waals surface area contributed by atoms with Crippen LogP contribution in [0.5, 0.6) is 5.75 Å². The summed E-state index contributed by atoms with van der Waals surface area (Å²) in [5.41, 5.74) is 6.42. The minimum atomic E-state index is -0.618. The molecule has 6 heteroatoms. The molecule has 0 unspecified atom stereocenters. The summed E-state index contributed by atoms with van der Waals surface area (Å²) in [6, 6.07) is 10.9. The molecule has 0 saturated carbocycles. The average molecular weight is 296 g/mol. The van der Waals surface area contributed by atoms with Crippen LogP contribution in [0.2, 0.25) is 0 Å². The number of ether oxygens (including phenoxy) is 1. The number of imide groups is 1. The molecule has 110 valence electrons. The lowest BCUT2D eigenvalue weighted by atomic mass is 10.1. The van der Waals surface area contributed by atoms with Crippen LogP contribution in [-0.2, 0) is 0 Å². The van der Waals surface area contributed by atoms with Crippen LogP contribution in [0.3, 0.4) is 0 Å². The van der Waals surface area contributed by atoms with E-state index in [0.29, 0.717) is 11.1 Å². The second-order valence-corrected chi connectivity index (χ2v) is 4.74. The number of methoxy groups -OCH3 is 1. The number of nitrogens with two attached hydrogens (primary N) is 1. The lowest BCUT2D eigenvalue weighted by molar-refractivity contribution is 0.0924. The summed E-state index contributed by atoms with van der Waals surface area (Å²) in [7, 11) is 1.39. The second-order valence-electron chi connectivity index (χ2n) is 4.74. The highest BCUT2D eigenvalue weighted by Crippen LogP contribution is 2.35. The molecule has 1 heterocycles. The van der Waals surface area contributed by atoms with E-state index < -0.39 is 17.7 Å². The molecule has 0 saturated heterocycles. The maximum absolute atomic E-state index is 12.5. The Kier molecular flexibility index (Phi) is 3.14. The minimum Gasteiger partial charge on any atom is -0.495 e. The second kappa shape index (κ2) is 5.00. The van der Waals surface area contributed by atoms with Crippen molar-refractivity contribution in [1.29, 1.82) is 0 Å². The van der Waals surface area contributed by atoms with Crippen LogP contribution >= 0.6 is 0 Å². The molecule has 0 bridgehead atoms. The average Bonchev–Trinajstić information content (AvgIpc) is 2.78. The van der Waals surface area contributed by atoms with Crippen molar-refractivity contribution in [3.8, 4) is 5.75 Å². The fourth-order valence-electron chi connectivity index (χ4n) is 2.42. The van der Waals surface area contributed by atoms with E-state index in [4.69, 9.17) is 10.5 Å². The molecule has 3 rings (SSSR count). The van der Waals surface area contributed by atoms with Crippen molar-refractivity contribution in [2.45, 2.75) is 0 Å². The van der Waals surface area contributed by atoms with Gasteiger partial charge in [0, 0.05) is 5.56 Å². The third-order valence-electron chi connectivity index (χ3n) is 3.50. The van der Waals surface area contributed by atoms with Crippen molar-refractivity contribution in [1.82, 2.24) is 0 Å². The number of nitrogens with zero attached hydrogens (tertiary/aromatic N) is 1. The number of hydrogen-bond acceptors (Lipinski definition) is 4. The molecule has 0 aliphatic carbocycles. The molecule has 3 amide bonds. The number of amides is 3.